The topological polar surface area (TPSA) is 43.4 Å². The molecule has 0 saturated carbocycles. The summed E-state index contributed by atoms with van der Waals surface area (Å²) >= 11 is 5.26. The number of rotatable bonds is 3. The second-order valence-electron chi connectivity index (χ2n) is 2.82. The number of carbonyl (C=O) groups is 2. The first-order valence-corrected chi connectivity index (χ1v) is 4.51. The van der Waals surface area contributed by atoms with Crippen LogP contribution in [0.25, 0.3) is 5.57 Å². The Balaban J connectivity index is 2.95. The van der Waals surface area contributed by atoms with Crippen LogP contribution in [0.15, 0.2) is 30.8 Å². The molecule has 0 saturated heterocycles. The molecule has 78 valence electrons. The van der Waals surface area contributed by atoms with Crippen LogP contribution in [-0.2, 0) is 9.53 Å². The van der Waals surface area contributed by atoms with E-state index in [4.69, 9.17) is 11.6 Å². The van der Waals surface area contributed by atoms with Crippen molar-refractivity contribution in [2.24, 2.45) is 0 Å². The molecule has 1 aromatic rings. The van der Waals surface area contributed by atoms with Gasteiger partial charge in [0.25, 0.3) is 5.24 Å². The molecule has 0 fully saturated rings. The number of benzene rings is 1. The molecule has 0 aliphatic heterocycles. The summed E-state index contributed by atoms with van der Waals surface area (Å²) in [5.74, 6) is -0.427. The van der Waals surface area contributed by atoms with Crippen molar-refractivity contribution in [3.63, 3.8) is 0 Å². The van der Waals surface area contributed by atoms with Crippen molar-refractivity contribution in [3.05, 3.63) is 42.0 Å². The molecule has 1 rings (SSSR count). The third-order valence-corrected chi connectivity index (χ3v) is 2.12. The maximum atomic E-state index is 11.1. The highest BCUT2D eigenvalue weighted by molar-refractivity contribution is 6.74. The molecule has 1 aromatic carbocycles. The number of hydrogen-bond acceptors (Lipinski definition) is 3. The van der Waals surface area contributed by atoms with Crippen LogP contribution < -0.4 is 0 Å². The van der Waals surface area contributed by atoms with Gasteiger partial charge in [0, 0.05) is 5.57 Å². The molecule has 0 heterocycles. The quantitative estimate of drug-likeness (QED) is 0.449. The number of allylic oxidation sites excluding steroid dienone is 1. The van der Waals surface area contributed by atoms with Crippen molar-refractivity contribution in [2.75, 3.05) is 7.11 Å². The van der Waals surface area contributed by atoms with Crippen molar-refractivity contribution in [2.45, 2.75) is 0 Å². The van der Waals surface area contributed by atoms with Crippen molar-refractivity contribution in [1.82, 2.24) is 0 Å². The number of hydrogen-bond donors (Lipinski definition) is 0. The van der Waals surface area contributed by atoms with E-state index in [1.807, 2.05) is 0 Å². The van der Waals surface area contributed by atoms with Crippen LogP contribution in [0.2, 0.25) is 0 Å². The molecule has 0 radical (unpaired) electrons. The summed E-state index contributed by atoms with van der Waals surface area (Å²) in [5.41, 5.74) is 1.20. The molecule has 3 nitrogen and oxygen atoms in total. The summed E-state index contributed by atoms with van der Waals surface area (Å²) in [7, 11) is 1.30. The van der Waals surface area contributed by atoms with Crippen LogP contribution in [0.4, 0.5) is 0 Å². The summed E-state index contributed by atoms with van der Waals surface area (Å²) in [6, 6.07) is 6.28. The summed E-state index contributed by atoms with van der Waals surface area (Å²) in [5, 5.41) is -0.610. The van der Waals surface area contributed by atoms with Crippen LogP contribution in [-0.4, -0.2) is 18.3 Å². The molecule has 0 amide bonds. The van der Waals surface area contributed by atoms with E-state index in [1.54, 1.807) is 24.3 Å². The SMILES string of the molecule is C=C(C(=O)Cl)c1ccc(C(=O)OC)cc1. The van der Waals surface area contributed by atoms with Crippen molar-refractivity contribution in [1.29, 1.82) is 0 Å². The minimum Gasteiger partial charge on any atom is -0.465 e. The van der Waals surface area contributed by atoms with E-state index in [1.165, 1.54) is 7.11 Å². The summed E-state index contributed by atoms with van der Waals surface area (Å²) in [6.07, 6.45) is 0. The molecule has 0 aliphatic rings. The Hall–Kier alpha value is -1.61. The lowest BCUT2D eigenvalue weighted by molar-refractivity contribution is -0.106. The molecule has 0 bridgehead atoms. The van der Waals surface area contributed by atoms with Gasteiger partial charge in [-0.1, -0.05) is 18.7 Å². The maximum Gasteiger partial charge on any atom is 0.337 e. The molecule has 0 unspecified atom stereocenters. The van der Waals surface area contributed by atoms with Gasteiger partial charge >= 0.3 is 5.97 Å². The zero-order valence-corrected chi connectivity index (χ0v) is 8.88. The molecule has 15 heavy (non-hydrogen) atoms. The largest absolute Gasteiger partial charge is 0.465 e. The molecule has 0 aliphatic carbocycles. The van der Waals surface area contributed by atoms with Gasteiger partial charge in [0.2, 0.25) is 0 Å². The van der Waals surface area contributed by atoms with Crippen molar-refractivity contribution < 1.29 is 14.3 Å². The maximum absolute atomic E-state index is 11.1. The van der Waals surface area contributed by atoms with E-state index < -0.39 is 11.2 Å². The standard InChI is InChI=1S/C11H9ClO3/c1-7(10(12)13)8-3-5-9(6-4-8)11(14)15-2/h3-6H,1H2,2H3. The van der Waals surface area contributed by atoms with Crippen LogP contribution >= 0.6 is 11.6 Å². The van der Waals surface area contributed by atoms with Crippen LogP contribution in [0.1, 0.15) is 15.9 Å². The minimum absolute atomic E-state index is 0.202. The highest BCUT2D eigenvalue weighted by atomic mass is 35.5. The Morgan fingerprint density at radius 3 is 2.07 bits per heavy atom. The number of ether oxygens (including phenoxy) is 1. The number of halogens is 1. The first kappa shape index (κ1) is 11.5. The lowest BCUT2D eigenvalue weighted by atomic mass is 10.1. The van der Waals surface area contributed by atoms with E-state index in [2.05, 4.69) is 11.3 Å². The highest BCUT2D eigenvalue weighted by Crippen LogP contribution is 2.16. The molecule has 4 heteroatoms. The fraction of sp³-hybridized carbons (Fsp3) is 0.0909. The average molecular weight is 225 g/mol. The third kappa shape index (κ3) is 2.67. The molecular formula is C11H9ClO3. The van der Waals surface area contributed by atoms with Crippen LogP contribution in [0.3, 0.4) is 0 Å². The minimum atomic E-state index is -0.610. The summed E-state index contributed by atoms with van der Waals surface area (Å²) in [6.45, 7) is 3.52. The normalized spacial score (nSPS) is 9.47. The van der Waals surface area contributed by atoms with Crippen LogP contribution in [0, 0.1) is 0 Å². The second-order valence-corrected chi connectivity index (χ2v) is 3.16. The van der Waals surface area contributed by atoms with E-state index >= 15 is 0 Å². The Morgan fingerprint density at radius 1 is 1.20 bits per heavy atom. The van der Waals surface area contributed by atoms with Gasteiger partial charge in [-0.3, -0.25) is 4.79 Å². The van der Waals surface area contributed by atoms with Gasteiger partial charge in [-0.05, 0) is 29.3 Å². The average Bonchev–Trinajstić information content (AvgIpc) is 2.27. The van der Waals surface area contributed by atoms with E-state index in [-0.39, 0.29) is 5.57 Å². The fourth-order valence-corrected chi connectivity index (χ4v) is 1.15. The Bertz CT molecular complexity index is 406. The number of carbonyl (C=O) groups excluding carboxylic acids is 2. The van der Waals surface area contributed by atoms with Gasteiger partial charge < -0.3 is 4.74 Å². The van der Waals surface area contributed by atoms with Crippen molar-refractivity contribution >= 4 is 28.4 Å². The monoisotopic (exact) mass is 224 g/mol. The first-order chi connectivity index (χ1) is 7.06. The van der Waals surface area contributed by atoms with Gasteiger partial charge in [-0.2, -0.15) is 0 Å². The Kier molecular flexibility index (Phi) is 3.63. The second kappa shape index (κ2) is 4.75. The summed E-state index contributed by atoms with van der Waals surface area (Å²) < 4.78 is 4.53. The lowest BCUT2D eigenvalue weighted by Crippen LogP contribution is -2.01. The molecule has 0 aromatic heterocycles. The van der Waals surface area contributed by atoms with Crippen molar-refractivity contribution in [3.8, 4) is 0 Å². The zero-order chi connectivity index (χ0) is 11.4. The Morgan fingerprint density at radius 2 is 1.67 bits per heavy atom. The van der Waals surface area contributed by atoms with E-state index in [0.717, 1.165) is 0 Å². The zero-order valence-electron chi connectivity index (χ0n) is 8.12. The number of esters is 1. The predicted molar refractivity (Wildman–Crippen MR) is 57.7 cm³/mol. The van der Waals surface area contributed by atoms with Gasteiger partial charge in [0.05, 0.1) is 12.7 Å². The smallest absolute Gasteiger partial charge is 0.337 e. The lowest BCUT2D eigenvalue weighted by Gasteiger charge is -2.02. The van der Waals surface area contributed by atoms with E-state index in [0.29, 0.717) is 11.1 Å². The predicted octanol–water partition coefficient (Wildman–Crippen LogP) is 2.25. The molecular weight excluding hydrogens is 216 g/mol. The molecule has 0 N–H and O–H groups in total. The van der Waals surface area contributed by atoms with Crippen LogP contribution in [0.5, 0.6) is 0 Å². The Labute approximate surface area is 92.3 Å². The van der Waals surface area contributed by atoms with Gasteiger partial charge in [0.15, 0.2) is 0 Å². The first-order valence-electron chi connectivity index (χ1n) is 4.13. The van der Waals surface area contributed by atoms with E-state index in [9.17, 15) is 9.59 Å². The number of methoxy groups -OCH3 is 1. The summed E-state index contributed by atoms with van der Waals surface area (Å²) in [4.78, 5) is 21.9. The van der Waals surface area contributed by atoms with Gasteiger partial charge in [-0.15, -0.1) is 0 Å². The van der Waals surface area contributed by atoms with Gasteiger partial charge in [-0.25, -0.2) is 4.79 Å². The third-order valence-electron chi connectivity index (χ3n) is 1.89. The highest BCUT2D eigenvalue weighted by Gasteiger charge is 2.08. The van der Waals surface area contributed by atoms with Gasteiger partial charge in [0.1, 0.15) is 0 Å². The molecule has 0 spiro atoms. The fourth-order valence-electron chi connectivity index (χ4n) is 1.04. The molecule has 0 atom stereocenters.